The summed E-state index contributed by atoms with van der Waals surface area (Å²) >= 11 is 0. The fraction of sp³-hybridized carbons (Fsp3) is 0.462. The number of hydrogen-bond acceptors (Lipinski definition) is 3. The third-order valence-electron chi connectivity index (χ3n) is 3.12. The first-order valence-electron chi connectivity index (χ1n) is 5.86. The van der Waals surface area contributed by atoms with Crippen LogP contribution in [-0.4, -0.2) is 30.3 Å². The molecule has 1 heterocycles. The molecule has 2 rings (SSSR count). The Hall–Kier alpha value is -1.55. The fourth-order valence-corrected chi connectivity index (χ4v) is 2.03. The standard InChI is InChI=1S/C13H17NO3/c1-9(13(15)16)14-8-10-6-7-17-12-5-3-2-4-11(10)12/h2-5,9-10,14H,6-8H2,1H3,(H,15,16)/t9-,10?/m0/s1. The van der Waals surface area contributed by atoms with E-state index < -0.39 is 12.0 Å². The van der Waals surface area contributed by atoms with Crippen LogP contribution >= 0.6 is 0 Å². The Morgan fingerprint density at radius 3 is 3.12 bits per heavy atom. The molecule has 0 amide bonds. The molecule has 0 saturated carbocycles. The second-order valence-corrected chi connectivity index (χ2v) is 4.34. The zero-order valence-corrected chi connectivity index (χ0v) is 9.85. The smallest absolute Gasteiger partial charge is 0.320 e. The number of rotatable bonds is 4. The maximum Gasteiger partial charge on any atom is 0.320 e. The van der Waals surface area contributed by atoms with Gasteiger partial charge in [-0.15, -0.1) is 0 Å². The van der Waals surface area contributed by atoms with Gasteiger partial charge < -0.3 is 15.2 Å². The van der Waals surface area contributed by atoms with E-state index in [4.69, 9.17) is 9.84 Å². The van der Waals surface area contributed by atoms with Crippen LogP contribution in [0.2, 0.25) is 0 Å². The van der Waals surface area contributed by atoms with Gasteiger partial charge in [0.25, 0.3) is 0 Å². The molecule has 0 spiro atoms. The summed E-state index contributed by atoms with van der Waals surface area (Å²) in [6.07, 6.45) is 0.927. The lowest BCUT2D eigenvalue weighted by Crippen LogP contribution is -2.37. The summed E-state index contributed by atoms with van der Waals surface area (Å²) in [7, 11) is 0. The van der Waals surface area contributed by atoms with Gasteiger partial charge in [0.15, 0.2) is 0 Å². The number of carboxylic acid groups (broad SMARTS) is 1. The Kier molecular flexibility index (Phi) is 3.64. The van der Waals surface area contributed by atoms with Gasteiger partial charge in [-0.3, -0.25) is 4.79 Å². The molecule has 0 radical (unpaired) electrons. The van der Waals surface area contributed by atoms with Crippen LogP contribution in [0.4, 0.5) is 0 Å². The van der Waals surface area contributed by atoms with Crippen molar-refractivity contribution < 1.29 is 14.6 Å². The molecule has 1 aromatic rings. The predicted molar refractivity (Wildman–Crippen MR) is 64.4 cm³/mol. The Bertz CT molecular complexity index is 405. The summed E-state index contributed by atoms with van der Waals surface area (Å²) in [6, 6.07) is 7.44. The molecule has 0 aliphatic carbocycles. The van der Waals surface area contributed by atoms with E-state index in [1.807, 2.05) is 24.3 Å². The van der Waals surface area contributed by atoms with Gasteiger partial charge in [0.1, 0.15) is 11.8 Å². The maximum atomic E-state index is 10.7. The third kappa shape index (κ3) is 2.77. The first kappa shape index (κ1) is 11.9. The van der Waals surface area contributed by atoms with E-state index in [1.165, 1.54) is 5.56 Å². The Balaban J connectivity index is 2.01. The van der Waals surface area contributed by atoms with Gasteiger partial charge in [-0.25, -0.2) is 0 Å². The largest absolute Gasteiger partial charge is 0.493 e. The van der Waals surface area contributed by atoms with E-state index in [2.05, 4.69) is 5.32 Å². The highest BCUT2D eigenvalue weighted by atomic mass is 16.5. The van der Waals surface area contributed by atoms with Gasteiger partial charge in [0.05, 0.1) is 6.61 Å². The van der Waals surface area contributed by atoms with E-state index >= 15 is 0 Å². The van der Waals surface area contributed by atoms with Crippen molar-refractivity contribution in [2.24, 2.45) is 0 Å². The highest BCUT2D eigenvalue weighted by molar-refractivity contribution is 5.72. The zero-order valence-electron chi connectivity index (χ0n) is 9.85. The van der Waals surface area contributed by atoms with Gasteiger partial charge >= 0.3 is 5.97 Å². The van der Waals surface area contributed by atoms with E-state index in [0.29, 0.717) is 19.1 Å². The average Bonchev–Trinajstić information content (AvgIpc) is 2.35. The molecule has 4 nitrogen and oxygen atoms in total. The van der Waals surface area contributed by atoms with E-state index in [1.54, 1.807) is 6.92 Å². The number of nitrogens with one attached hydrogen (secondary N) is 1. The number of fused-ring (bicyclic) bond motifs is 1. The number of carbonyl (C=O) groups is 1. The second kappa shape index (κ2) is 5.19. The summed E-state index contributed by atoms with van der Waals surface area (Å²) in [5.74, 6) is 0.445. The van der Waals surface area contributed by atoms with Crippen molar-refractivity contribution in [3.8, 4) is 5.75 Å². The zero-order chi connectivity index (χ0) is 12.3. The quantitative estimate of drug-likeness (QED) is 0.832. The van der Waals surface area contributed by atoms with E-state index in [-0.39, 0.29) is 0 Å². The van der Waals surface area contributed by atoms with Crippen molar-refractivity contribution in [3.05, 3.63) is 29.8 Å². The van der Waals surface area contributed by atoms with Gasteiger partial charge in [-0.2, -0.15) is 0 Å². The molecule has 2 N–H and O–H groups in total. The molecular formula is C13H17NO3. The molecule has 92 valence electrons. The molecule has 17 heavy (non-hydrogen) atoms. The fourth-order valence-electron chi connectivity index (χ4n) is 2.03. The van der Waals surface area contributed by atoms with Crippen LogP contribution in [0.1, 0.15) is 24.8 Å². The van der Waals surface area contributed by atoms with Crippen molar-refractivity contribution in [1.82, 2.24) is 5.32 Å². The van der Waals surface area contributed by atoms with Crippen LogP contribution in [0, 0.1) is 0 Å². The molecule has 0 saturated heterocycles. The second-order valence-electron chi connectivity index (χ2n) is 4.34. The number of carboxylic acids is 1. The molecule has 0 fully saturated rings. The van der Waals surface area contributed by atoms with Crippen molar-refractivity contribution in [2.75, 3.05) is 13.2 Å². The Morgan fingerprint density at radius 2 is 2.35 bits per heavy atom. The summed E-state index contributed by atoms with van der Waals surface area (Å²) in [4.78, 5) is 10.7. The first-order valence-corrected chi connectivity index (χ1v) is 5.86. The number of ether oxygens (including phenoxy) is 1. The molecule has 1 aliphatic heterocycles. The minimum absolute atomic E-state index is 0.335. The highest BCUT2D eigenvalue weighted by Crippen LogP contribution is 2.32. The third-order valence-corrected chi connectivity index (χ3v) is 3.12. The van der Waals surface area contributed by atoms with E-state index in [0.717, 1.165) is 12.2 Å². The Labute approximate surface area is 101 Å². The summed E-state index contributed by atoms with van der Waals surface area (Å²) in [5.41, 5.74) is 1.17. The Morgan fingerprint density at radius 1 is 1.59 bits per heavy atom. The van der Waals surface area contributed by atoms with Gasteiger partial charge in [-0.05, 0) is 25.0 Å². The summed E-state index contributed by atoms with van der Waals surface area (Å²) in [6.45, 7) is 3.03. The number of aliphatic carboxylic acids is 1. The molecular weight excluding hydrogens is 218 g/mol. The van der Waals surface area contributed by atoms with Crippen molar-refractivity contribution >= 4 is 5.97 Å². The lowest BCUT2D eigenvalue weighted by molar-refractivity contribution is -0.139. The van der Waals surface area contributed by atoms with Crippen LogP contribution in [0.15, 0.2) is 24.3 Å². The van der Waals surface area contributed by atoms with Gasteiger partial charge in [0.2, 0.25) is 0 Å². The van der Waals surface area contributed by atoms with Crippen LogP contribution in [0.3, 0.4) is 0 Å². The number of para-hydroxylation sites is 1. The normalized spacial score (nSPS) is 20.2. The topological polar surface area (TPSA) is 58.6 Å². The molecule has 2 atom stereocenters. The SMILES string of the molecule is C[C@H](NCC1CCOc2ccccc21)C(=O)O. The molecule has 0 bridgehead atoms. The summed E-state index contributed by atoms with van der Waals surface area (Å²) < 4.78 is 5.56. The molecule has 0 aromatic heterocycles. The predicted octanol–water partition coefficient (Wildman–Crippen LogP) is 1.62. The number of hydrogen-bond donors (Lipinski definition) is 2. The minimum atomic E-state index is -0.814. The molecule has 4 heteroatoms. The maximum absolute atomic E-state index is 10.7. The average molecular weight is 235 g/mol. The van der Waals surface area contributed by atoms with Crippen LogP contribution in [0.25, 0.3) is 0 Å². The first-order chi connectivity index (χ1) is 8.18. The van der Waals surface area contributed by atoms with Crippen molar-refractivity contribution in [1.29, 1.82) is 0 Å². The van der Waals surface area contributed by atoms with Crippen LogP contribution in [0.5, 0.6) is 5.75 Å². The lowest BCUT2D eigenvalue weighted by Gasteiger charge is -2.26. The van der Waals surface area contributed by atoms with Crippen LogP contribution < -0.4 is 10.1 Å². The molecule has 1 aliphatic rings. The van der Waals surface area contributed by atoms with Crippen molar-refractivity contribution in [3.63, 3.8) is 0 Å². The molecule has 1 unspecified atom stereocenters. The van der Waals surface area contributed by atoms with E-state index in [9.17, 15) is 4.79 Å². The summed E-state index contributed by atoms with van der Waals surface area (Å²) in [5, 5.41) is 11.9. The van der Waals surface area contributed by atoms with Crippen LogP contribution in [-0.2, 0) is 4.79 Å². The lowest BCUT2D eigenvalue weighted by atomic mass is 9.93. The van der Waals surface area contributed by atoms with Gasteiger partial charge in [0, 0.05) is 12.5 Å². The highest BCUT2D eigenvalue weighted by Gasteiger charge is 2.22. The monoisotopic (exact) mass is 235 g/mol. The van der Waals surface area contributed by atoms with Crippen molar-refractivity contribution in [2.45, 2.75) is 25.3 Å². The number of benzene rings is 1. The molecule has 1 aromatic carbocycles. The van der Waals surface area contributed by atoms with Gasteiger partial charge in [-0.1, -0.05) is 18.2 Å². The minimum Gasteiger partial charge on any atom is -0.493 e.